The summed E-state index contributed by atoms with van der Waals surface area (Å²) in [5.41, 5.74) is 5.92. The standard InChI is InChI=1S/C14H28N2O2/c1-3-9-16(11-14(17)18-2)13-8-6-4-5-7-12(13)10-15/h12-13H,3-11,15H2,1-2H3. The summed E-state index contributed by atoms with van der Waals surface area (Å²) in [5.74, 6) is 0.396. The van der Waals surface area contributed by atoms with Crippen molar-refractivity contribution in [1.82, 2.24) is 4.90 Å². The fraction of sp³-hybridized carbons (Fsp3) is 0.929. The van der Waals surface area contributed by atoms with Gasteiger partial charge in [-0.3, -0.25) is 9.69 Å². The van der Waals surface area contributed by atoms with Crippen LogP contribution in [-0.2, 0) is 9.53 Å². The average molecular weight is 256 g/mol. The second kappa shape index (κ2) is 8.48. The molecule has 0 bridgehead atoms. The first-order valence-corrected chi connectivity index (χ1v) is 7.23. The van der Waals surface area contributed by atoms with Crippen molar-refractivity contribution < 1.29 is 9.53 Å². The van der Waals surface area contributed by atoms with Crippen LogP contribution in [-0.4, -0.2) is 43.7 Å². The quantitative estimate of drug-likeness (QED) is 0.581. The van der Waals surface area contributed by atoms with E-state index >= 15 is 0 Å². The van der Waals surface area contributed by atoms with Crippen LogP contribution in [0.3, 0.4) is 0 Å². The number of ether oxygens (including phenoxy) is 1. The zero-order valence-corrected chi connectivity index (χ0v) is 11.9. The van der Waals surface area contributed by atoms with Crippen molar-refractivity contribution in [3.8, 4) is 0 Å². The first-order valence-electron chi connectivity index (χ1n) is 7.23. The molecule has 2 N–H and O–H groups in total. The van der Waals surface area contributed by atoms with Gasteiger partial charge in [0.05, 0.1) is 13.7 Å². The van der Waals surface area contributed by atoms with Crippen LogP contribution in [0.4, 0.5) is 0 Å². The van der Waals surface area contributed by atoms with Crippen molar-refractivity contribution in [2.75, 3.05) is 26.7 Å². The SMILES string of the molecule is CCCN(CC(=O)OC)C1CCCCCC1CN. The molecule has 18 heavy (non-hydrogen) atoms. The van der Waals surface area contributed by atoms with E-state index in [1.807, 2.05) is 0 Å². The number of esters is 1. The van der Waals surface area contributed by atoms with E-state index in [1.54, 1.807) is 0 Å². The van der Waals surface area contributed by atoms with Gasteiger partial charge in [0.2, 0.25) is 0 Å². The van der Waals surface area contributed by atoms with Gasteiger partial charge in [-0.05, 0) is 38.3 Å². The van der Waals surface area contributed by atoms with E-state index in [0.717, 1.165) is 19.5 Å². The molecule has 0 radical (unpaired) electrons. The normalized spacial score (nSPS) is 24.9. The molecule has 0 heterocycles. The Morgan fingerprint density at radius 2 is 2.06 bits per heavy atom. The lowest BCUT2D eigenvalue weighted by atomic mass is 9.93. The number of nitrogens with zero attached hydrogens (tertiary/aromatic N) is 1. The summed E-state index contributed by atoms with van der Waals surface area (Å²) in [5, 5.41) is 0. The van der Waals surface area contributed by atoms with Gasteiger partial charge in [-0.1, -0.05) is 26.2 Å². The second-order valence-electron chi connectivity index (χ2n) is 5.25. The van der Waals surface area contributed by atoms with E-state index in [2.05, 4.69) is 11.8 Å². The molecule has 2 unspecified atom stereocenters. The number of nitrogens with two attached hydrogens (primary N) is 1. The van der Waals surface area contributed by atoms with Crippen LogP contribution in [0, 0.1) is 5.92 Å². The Labute approximate surface area is 111 Å². The van der Waals surface area contributed by atoms with Crippen LogP contribution in [0.1, 0.15) is 45.4 Å². The Morgan fingerprint density at radius 3 is 2.67 bits per heavy atom. The summed E-state index contributed by atoms with van der Waals surface area (Å²) in [4.78, 5) is 13.8. The second-order valence-corrected chi connectivity index (χ2v) is 5.25. The highest BCUT2D eigenvalue weighted by molar-refractivity contribution is 5.71. The third-order valence-corrected chi connectivity index (χ3v) is 3.96. The van der Waals surface area contributed by atoms with Crippen molar-refractivity contribution in [3.05, 3.63) is 0 Å². The van der Waals surface area contributed by atoms with Crippen LogP contribution < -0.4 is 5.73 Å². The summed E-state index contributed by atoms with van der Waals surface area (Å²) < 4.78 is 4.81. The third-order valence-electron chi connectivity index (χ3n) is 3.96. The lowest BCUT2D eigenvalue weighted by Crippen LogP contribution is -2.45. The molecular formula is C14H28N2O2. The average Bonchev–Trinajstić information content (AvgIpc) is 2.62. The maximum atomic E-state index is 11.5. The Bertz CT molecular complexity index is 246. The topological polar surface area (TPSA) is 55.6 Å². The molecule has 1 aliphatic carbocycles. The zero-order chi connectivity index (χ0) is 13.4. The molecule has 0 spiro atoms. The molecule has 4 heteroatoms. The summed E-state index contributed by atoms with van der Waals surface area (Å²) >= 11 is 0. The number of carbonyl (C=O) groups excluding carboxylic acids is 1. The van der Waals surface area contributed by atoms with E-state index in [-0.39, 0.29) is 5.97 Å². The van der Waals surface area contributed by atoms with Crippen molar-refractivity contribution in [3.63, 3.8) is 0 Å². The van der Waals surface area contributed by atoms with E-state index in [9.17, 15) is 4.79 Å². The van der Waals surface area contributed by atoms with Crippen molar-refractivity contribution in [1.29, 1.82) is 0 Å². The first-order chi connectivity index (χ1) is 8.72. The van der Waals surface area contributed by atoms with E-state index < -0.39 is 0 Å². The van der Waals surface area contributed by atoms with Gasteiger partial charge in [0.25, 0.3) is 0 Å². The van der Waals surface area contributed by atoms with Crippen LogP contribution in [0.5, 0.6) is 0 Å². The maximum absolute atomic E-state index is 11.5. The third kappa shape index (κ3) is 4.58. The summed E-state index contributed by atoms with van der Waals surface area (Å²) in [7, 11) is 1.46. The lowest BCUT2D eigenvalue weighted by Gasteiger charge is -2.35. The van der Waals surface area contributed by atoms with Crippen molar-refractivity contribution in [2.24, 2.45) is 11.7 Å². The highest BCUT2D eigenvalue weighted by Crippen LogP contribution is 2.27. The van der Waals surface area contributed by atoms with Gasteiger partial charge in [-0.25, -0.2) is 0 Å². The van der Waals surface area contributed by atoms with Gasteiger partial charge in [-0.2, -0.15) is 0 Å². The fourth-order valence-corrected chi connectivity index (χ4v) is 3.00. The van der Waals surface area contributed by atoms with Gasteiger partial charge < -0.3 is 10.5 Å². The fourth-order valence-electron chi connectivity index (χ4n) is 3.00. The number of hydrogen-bond acceptors (Lipinski definition) is 4. The predicted molar refractivity (Wildman–Crippen MR) is 73.3 cm³/mol. The highest BCUT2D eigenvalue weighted by Gasteiger charge is 2.28. The highest BCUT2D eigenvalue weighted by atomic mass is 16.5. The minimum atomic E-state index is -0.136. The van der Waals surface area contributed by atoms with Gasteiger partial charge in [0, 0.05) is 6.04 Å². The molecule has 106 valence electrons. The molecule has 4 nitrogen and oxygen atoms in total. The smallest absolute Gasteiger partial charge is 0.319 e. The molecule has 1 rings (SSSR count). The van der Waals surface area contributed by atoms with Gasteiger partial charge in [-0.15, -0.1) is 0 Å². The van der Waals surface area contributed by atoms with Crippen molar-refractivity contribution in [2.45, 2.75) is 51.5 Å². The van der Waals surface area contributed by atoms with Gasteiger partial charge in [0.1, 0.15) is 0 Å². The number of methoxy groups -OCH3 is 1. The van der Waals surface area contributed by atoms with E-state index in [1.165, 1.54) is 39.2 Å². The maximum Gasteiger partial charge on any atom is 0.319 e. The lowest BCUT2D eigenvalue weighted by molar-refractivity contribution is -0.142. The minimum absolute atomic E-state index is 0.136. The molecule has 0 aromatic rings. The molecule has 0 aromatic heterocycles. The first kappa shape index (κ1) is 15.4. The van der Waals surface area contributed by atoms with E-state index in [4.69, 9.17) is 10.5 Å². The predicted octanol–water partition coefficient (Wildman–Crippen LogP) is 1.78. The molecule has 2 atom stereocenters. The molecule has 0 saturated heterocycles. The Balaban J connectivity index is 2.69. The summed E-state index contributed by atoms with van der Waals surface area (Å²) in [6.07, 6.45) is 7.25. The number of hydrogen-bond donors (Lipinski definition) is 1. The molecule has 1 aliphatic rings. The Morgan fingerprint density at radius 1 is 1.33 bits per heavy atom. The Hall–Kier alpha value is -0.610. The molecular weight excluding hydrogens is 228 g/mol. The van der Waals surface area contributed by atoms with E-state index in [0.29, 0.717) is 18.5 Å². The van der Waals surface area contributed by atoms with Gasteiger partial charge in [0.15, 0.2) is 0 Å². The Kier molecular flexibility index (Phi) is 7.28. The molecule has 1 saturated carbocycles. The molecule has 0 aliphatic heterocycles. The largest absolute Gasteiger partial charge is 0.468 e. The van der Waals surface area contributed by atoms with Crippen LogP contribution in [0.25, 0.3) is 0 Å². The molecule has 1 fully saturated rings. The van der Waals surface area contributed by atoms with Crippen LogP contribution in [0.2, 0.25) is 0 Å². The number of carbonyl (C=O) groups is 1. The number of rotatable bonds is 6. The monoisotopic (exact) mass is 256 g/mol. The van der Waals surface area contributed by atoms with Crippen molar-refractivity contribution >= 4 is 5.97 Å². The molecule has 0 aromatic carbocycles. The van der Waals surface area contributed by atoms with Crippen LogP contribution >= 0.6 is 0 Å². The summed E-state index contributed by atoms with van der Waals surface area (Å²) in [6, 6.07) is 0.455. The summed E-state index contributed by atoms with van der Waals surface area (Å²) in [6.45, 7) is 4.24. The zero-order valence-electron chi connectivity index (χ0n) is 11.9. The van der Waals surface area contributed by atoms with Gasteiger partial charge >= 0.3 is 5.97 Å². The van der Waals surface area contributed by atoms with Crippen LogP contribution in [0.15, 0.2) is 0 Å². The minimum Gasteiger partial charge on any atom is -0.468 e. The molecule has 0 amide bonds.